The molecule has 1 aromatic heterocycles. The highest BCUT2D eigenvalue weighted by Gasteiger charge is 2.40. The molecule has 34 heavy (non-hydrogen) atoms. The Bertz CT molecular complexity index is 1330. The Morgan fingerprint density at radius 2 is 1.65 bits per heavy atom. The van der Waals surface area contributed by atoms with Gasteiger partial charge < -0.3 is 14.8 Å². The zero-order valence-electron chi connectivity index (χ0n) is 19.4. The second-order valence-corrected chi connectivity index (χ2v) is 8.94. The molecular formula is C28H28N4O2. The molecule has 0 radical (unpaired) electrons. The number of carbonyl (C=O) groups excluding carboxylic acids is 2. The zero-order chi connectivity index (χ0) is 23.7. The number of fused-ring (bicyclic) bond motifs is 3. The monoisotopic (exact) mass is 452 g/mol. The number of para-hydroxylation sites is 2. The van der Waals surface area contributed by atoms with Crippen molar-refractivity contribution in [2.75, 3.05) is 0 Å². The fourth-order valence-electron chi connectivity index (χ4n) is 4.65. The van der Waals surface area contributed by atoms with E-state index in [9.17, 15) is 9.59 Å². The van der Waals surface area contributed by atoms with Gasteiger partial charge >= 0.3 is 0 Å². The molecule has 1 aliphatic heterocycles. The zero-order valence-corrected chi connectivity index (χ0v) is 19.4. The van der Waals surface area contributed by atoms with Crippen LogP contribution < -0.4 is 5.32 Å². The van der Waals surface area contributed by atoms with Gasteiger partial charge in [-0.05, 0) is 37.1 Å². The summed E-state index contributed by atoms with van der Waals surface area (Å²) in [7, 11) is 0. The van der Waals surface area contributed by atoms with Gasteiger partial charge in [0.25, 0.3) is 0 Å². The van der Waals surface area contributed by atoms with Gasteiger partial charge in [-0.25, -0.2) is 4.98 Å². The molecule has 2 atom stereocenters. The molecule has 4 aromatic rings. The Kier molecular flexibility index (Phi) is 5.88. The Labute approximate surface area is 199 Å². The van der Waals surface area contributed by atoms with Crippen LogP contribution >= 0.6 is 0 Å². The fraction of sp³-hybridized carbons (Fsp3) is 0.250. The Morgan fingerprint density at radius 3 is 2.41 bits per heavy atom. The Morgan fingerprint density at radius 1 is 0.941 bits per heavy atom. The van der Waals surface area contributed by atoms with E-state index in [0.29, 0.717) is 13.1 Å². The van der Waals surface area contributed by atoms with Gasteiger partial charge in [0.05, 0.1) is 23.5 Å². The standard InChI is InChI=1S/C28H28N4O2/c1-19-12-14-21(15-13-19)17-29-26(33)16-25-28(34)31(18-22-8-4-3-5-9-22)20(2)27-30-23-10-6-7-11-24(23)32(25)27/h3-15,20,25H,16-18H2,1-2H3,(H,29,33)/t20-,25+/m0/s1. The van der Waals surface area contributed by atoms with E-state index in [4.69, 9.17) is 4.98 Å². The highest BCUT2D eigenvalue weighted by Crippen LogP contribution is 2.37. The summed E-state index contributed by atoms with van der Waals surface area (Å²) in [6, 6.07) is 25.0. The number of amides is 2. The molecule has 5 rings (SSSR count). The van der Waals surface area contributed by atoms with Gasteiger partial charge in [-0.2, -0.15) is 0 Å². The predicted octanol–water partition coefficient (Wildman–Crippen LogP) is 4.70. The average Bonchev–Trinajstić information content (AvgIpc) is 3.24. The summed E-state index contributed by atoms with van der Waals surface area (Å²) in [4.78, 5) is 33.5. The maximum absolute atomic E-state index is 13.8. The van der Waals surface area contributed by atoms with E-state index in [1.54, 1.807) is 0 Å². The van der Waals surface area contributed by atoms with Crippen molar-refractivity contribution in [1.82, 2.24) is 19.8 Å². The summed E-state index contributed by atoms with van der Waals surface area (Å²) in [6.45, 7) is 4.95. The third-order valence-corrected chi connectivity index (χ3v) is 6.53. The average molecular weight is 453 g/mol. The molecule has 0 bridgehead atoms. The van der Waals surface area contributed by atoms with Crippen LogP contribution in [-0.4, -0.2) is 26.3 Å². The van der Waals surface area contributed by atoms with E-state index in [1.165, 1.54) is 5.56 Å². The maximum atomic E-state index is 13.8. The van der Waals surface area contributed by atoms with E-state index in [0.717, 1.165) is 28.0 Å². The summed E-state index contributed by atoms with van der Waals surface area (Å²) < 4.78 is 1.97. The molecule has 0 saturated carbocycles. The molecule has 172 valence electrons. The number of benzene rings is 3. The molecule has 6 heteroatoms. The molecule has 3 aromatic carbocycles. The number of aryl methyl sites for hydroxylation is 1. The van der Waals surface area contributed by atoms with Crippen LogP contribution in [0.2, 0.25) is 0 Å². The highest BCUT2D eigenvalue weighted by molar-refractivity contribution is 5.90. The minimum absolute atomic E-state index is 0.0579. The van der Waals surface area contributed by atoms with Gasteiger partial charge in [0.15, 0.2) is 0 Å². The lowest BCUT2D eigenvalue weighted by molar-refractivity contribution is -0.142. The molecule has 0 saturated heterocycles. The highest BCUT2D eigenvalue weighted by atomic mass is 16.2. The second kappa shape index (κ2) is 9.14. The van der Waals surface area contributed by atoms with Crippen molar-refractivity contribution in [1.29, 1.82) is 0 Å². The minimum Gasteiger partial charge on any atom is -0.352 e. The van der Waals surface area contributed by atoms with E-state index in [2.05, 4.69) is 5.32 Å². The molecule has 0 fully saturated rings. The van der Waals surface area contributed by atoms with E-state index in [1.807, 2.05) is 102 Å². The summed E-state index contributed by atoms with van der Waals surface area (Å²) >= 11 is 0. The van der Waals surface area contributed by atoms with Gasteiger partial charge in [0, 0.05) is 13.1 Å². The first-order valence-electron chi connectivity index (χ1n) is 11.6. The first-order valence-corrected chi connectivity index (χ1v) is 11.6. The summed E-state index contributed by atoms with van der Waals surface area (Å²) in [5, 5.41) is 2.99. The van der Waals surface area contributed by atoms with E-state index in [-0.39, 0.29) is 24.3 Å². The molecule has 2 heterocycles. The molecule has 1 aliphatic rings. The first-order chi connectivity index (χ1) is 16.5. The Hall–Kier alpha value is -3.93. The predicted molar refractivity (Wildman–Crippen MR) is 132 cm³/mol. The van der Waals surface area contributed by atoms with Crippen LogP contribution in [0.4, 0.5) is 0 Å². The van der Waals surface area contributed by atoms with Crippen molar-refractivity contribution in [2.45, 2.75) is 45.4 Å². The largest absolute Gasteiger partial charge is 0.352 e. The van der Waals surface area contributed by atoms with Crippen molar-refractivity contribution in [3.63, 3.8) is 0 Å². The summed E-state index contributed by atoms with van der Waals surface area (Å²) in [6.07, 6.45) is 0.0655. The SMILES string of the molecule is Cc1ccc(CNC(=O)C[C@@H]2C(=O)N(Cc3ccccc3)[C@@H](C)c3nc4ccccc4n32)cc1. The van der Waals surface area contributed by atoms with Crippen LogP contribution in [0.15, 0.2) is 78.9 Å². The van der Waals surface area contributed by atoms with Crippen molar-refractivity contribution < 1.29 is 9.59 Å². The molecule has 1 N–H and O–H groups in total. The molecule has 0 aliphatic carbocycles. The summed E-state index contributed by atoms with van der Waals surface area (Å²) in [5.74, 6) is 0.599. The number of imidazole rings is 1. The number of hydrogen-bond acceptors (Lipinski definition) is 3. The lowest BCUT2D eigenvalue weighted by Crippen LogP contribution is -2.46. The maximum Gasteiger partial charge on any atom is 0.247 e. The Balaban J connectivity index is 1.44. The van der Waals surface area contributed by atoms with Gasteiger partial charge in [0.1, 0.15) is 11.9 Å². The van der Waals surface area contributed by atoms with Crippen LogP contribution in [-0.2, 0) is 22.7 Å². The number of carbonyl (C=O) groups is 2. The van der Waals surface area contributed by atoms with Crippen molar-refractivity contribution in [3.05, 3.63) is 101 Å². The summed E-state index contributed by atoms with van der Waals surface area (Å²) in [5.41, 5.74) is 4.98. The quantitative estimate of drug-likeness (QED) is 0.461. The van der Waals surface area contributed by atoms with Gasteiger partial charge in [-0.1, -0.05) is 72.3 Å². The van der Waals surface area contributed by atoms with Gasteiger partial charge in [-0.3, -0.25) is 9.59 Å². The lowest BCUT2D eigenvalue weighted by Gasteiger charge is -2.38. The van der Waals surface area contributed by atoms with Crippen LogP contribution in [0.5, 0.6) is 0 Å². The fourth-order valence-corrected chi connectivity index (χ4v) is 4.65. The van der Waals surface area contributed by atoms with Crippen LogP contribution in [0.3, 0.4) is 0 Å². The molecular weight excluding hydrogens is 424 g/mol. The smallest absolute Gasteiger partial charge is 0.247 e. The first kappa shape index (κ1) is 21.9. The molecule has 0 unspecified atom stereocenters. The minimum atomic E-state index is -0.639. The van der Waals surface area contributed by atoms with E-state index >= 15 is 0 Å². The van der Waals surface area contributed by atoms with Crippen LogP contribution in [0.25, 0.3) is 11.0 Å². The van der Waals surface area contributed by atoms with Crippen LogP contribution in [0, 0.1) is 6.92 Å². The second-order valence-electron chi connectivity index (χ2n) is 8.94. The third-order valence-electron chi connectivity index (χ3n) is 6.53. The normalized spacial score (nSPS) is 17.6. The third kappa shape index (κ3) is 4.19. The van der Waals surface area contributed by atoms with Gasteiger partial charge in [-0.15, -0.1) is 0 Å². The van der Waals surface area contributed by atoms with E-state index < -0.39 is 6.04 Å². The topological polar surface area (TPSA) is 67.2 Å². The number of nitrogens with zero attached hydrogens (tertiary/aromatic N) is 3. The van der Waals surface area contributed by atoms with Crippen molar-refractivity contribution in [3.8, 4) is 0 Å². The van der Waals surface area contributed by atoms with Crippen LogP contribution in [0.1, 0.15) is 47.9 Å². The number of hydrogen-bond donors (Lipinski definition) is 1. The molecule has 2 amide bonds. The van der Waals surface area contributed by atoms with Crippen molar-refractivity contribution in [2.24, 2.45) is 0 Å². The lowest BCUT2D eigenvalue weighted by atomic mass is 10.0. The number of nitrogens with one attached hydrogen (secondary N) is 1. The van der Waals surface area contributed by atoms with Gasteiger partial charge in [0.2, 0.25) is 11.8 Å². The molecule has 0 spiro atoms. The molecule has 6 nitrogen and oxygen atoms in total. The van der Waals surface area contributed by atoms with Crippen molar-refractivity contribution >= 4 is 22.8 Å². The number of rotatable bonds is 6. The number of aromatic nitrogens is 2.